The Morgan fingerprint density at radius 2 is 1.29 bits per heavy atom. The van der Waals surface area contributed by atoms with Crippen molar-refractivity contribution < 1.29 is 0 Å². The van der Waals surface area contributed by atoms with Crippen molar-refractivity contribution >= 4 is 44.0 Å². The molecule has 0 fully saturated rings. The summed E-state index contributed by atoms with van der Waals surface area (Å²) in [5.74, 6) is 1.03. The van der Waals surface area contributed by atoms with Gasteiger partial charge in [-0.25, -0.2) is 0 Å². The average Bonchev–Trinajstić information content (AvgIpc) is 3.78. The van der Waals surface area contributed by atoms with Crippen LogP contribution < -0.4 is 5.22 Å². The van der Waals surface area contributed by atoms with Crippen molar-refractivity contribution in [3.63, 3.8) is 0 Å². The van der Waals surface area contributed by atoms with Crippen molar-refractivity contribution in [2.45, 2.75) is 95.3 Å². The molecule has 0 saturated carbocycles. The lowest BCUT2D eigenvalue weighted by atomic mass is 9.72. The summed E-state index contributed by atoms with van der Waals surface area (Å²) in [5.41, 5.74) is 25.7. The van der Waals surface area contributed by atoms with E-state index >= 15 is 0 Å². The summed E-state index contributed by atoms with van der Waals surface area (Å²) >= 11 is 0. The summed E-state index contributed by atoms with van der Waals surface area (Å²) in [6, 6.07) is 48.5. The molecule has 0 N–H and O–H groups in total. The van der Waals surface area contributed by atoms with Gasteiger partial charge in [-0.15, -0.1) is 0 Å². The molecule has 15 rings (SSSR count). The molecular formula is C70H58. The third-order valence-electron chi connectivity index (χ3n) is 18.4. The topological polar surface area (TPSA) is 0 Å². The van der Waals surface area contributed by atoms with Crippen LogP contribution in [0.15, 0.2) is 187 Å². The fraction of sp³-hybridized carbons (Fsp3) is 0.229. The Bertz CT molecular complexity index is 3920. The summed E-state index contributed by atoms with van der Waals surface area (Å²) < 4.78 is 0. The van der Waals surface area contributed by atoms with E-state index in [0.717, 1.165) is 38.5 Å². The number of allylic oxidation sites excluding steroid dienone is 12. The lowest BCUT2D eigenvalue weighted by Gasteiger charge is -2.32. The Labute approximate surface area is 412 Å². The van der Waals surface area contributed by atoms with Crippen molar-refractivity contribution in [3.05, 3.63) is 236 Å². The molecule has 8 aromatic rings. The minimum atomic E-state index is -0.0783. The third-order valence-corrected chi connectivity index (χ3v) is 18.4. The van der Waals surface area contributed by atoms with Crippen LogP contribution in [0, 0.1) is 5.92 Å². The SMILES string of the molecule is CC1(C)c2ccccc2-c2c(-c3cc4c5c(c6cc(C7C=CC=C8C=CCCC87)cc7cc(C8=CCCC9=C8CCC=C9)cc(c5c3)c76)CC(c3cccc5c3-c3ccccc3C5(C)C)C=4)cccc21. The molecule has 3 unspecified atom stereocenters. The molecule has 0 aromatic heterocycles. The molecule has 338 valence electrons. The third kappa shape index (κ3) is 5.65. The first-order valence-electron chi connectivity index (χ1n) is 26.4. The van der Waals surface area contributed by atoms with E-state index in [1.807, 2.05) is 0 Å². The van der Waals surface area contributed by atoms with E-state index in [9.17, 15) is 0 Å². The number of rotatable bonds is 4. The molecule has 0 heteroatoms. The molecule has 8 aromatic carbocycles. The van der Waals surface area contributed by atoms with Gasteiger partial charge < -0.3 is 0 Å². The van der Waals surface area contributed by atoms with E-state index in [2.05, 4.69) is 204 Å². The molecule has 0 spiro atoms. The van der Waals surface area contributed by atoms with Gasteiger partial charge in [0.15, 0.2) is 0 Å². The van der Waals surface area contributed by atoms with Crippen LogP contribution in [0.2, 0.25) is 0 Å². The van der Waals surface area contributed by atoms with Gasteiger partial charge in [0, 0.05) is 22.7 Å². The summed E-state index contributed by atoms with van der Waals surface area (Å²) in [7, 11) is 0. The standard InChI is InChI=1S/C70H58/c1-69(2)61-29-11-9-23-55(61)67-53(27-15-31-63(67)69)45-35-48-36-46(54-28-16-32-64-68(54)56-24-10-12-30-62(56)70(64,3)4)40-60-58-38-44(52-26-14-20-42-18-6-8-22-50(42)52)34-47-33-43(37-57(65(47)58)59(39-45)66(48)60)51-25-13-19-41-17-5-7-21-49(41)51/h5-6,9-13,15-19,23-38,40,45,49,51H,7-8,14,20-22,39H2,1-4H3. The van der Waals surface area contributed by atoms with Gasteiger partial charge >= 0.3 is 0 Å². The highest BCUT2D eigenvalue weighted by Crippen LogP contribution is 2.55. The van der Waals surface area contributed by atoms with E-state index in [0.29, 0.717) is 11.8 Å². The van der Waals surface area contributed by atoms with Gasteiger partial charge in [-0.05, 0) is 213 Å². The summed E-state index contributed by atoms with van der Waals surface area (Å²) in [6.07, 6.45) is 29.9. The average molecular weight is 899 g/mol. The largest absolute Gasteiger partial charge is 0.0842 e. The number of hydrogen-bond donors (Lipinski definition) is 0. The zero-order valence-corrected chi connectivity index (χ0v) is 40.9. The molecule has 70 heavy (non-hydrogen) atoms. The molecule has 7 aliphatic rings. The highest BCUT2D eigenvalue weighted by molar-refractivity contribution is 6.25. The minimum absolute atomic E-state index is 0.0602. The van der Waals surface area contributed by atoms with Crippen LogP contribution in [0.4, 0.5) is 0 Å². The normalized spacial score (nSPS) is 21.7. The quantitative estimate of drug-likeness (QED) is 0.122. The minimum Gasteiger partial charge on any atom is -0.0842 e. The predicted octanol–water partition coefficient (Wildman–Crippen LogP) is 17.6. The monoisotopic (exact) mass is 898 g/mol. The van der Waals surface area contributed by atoms with E-state index < -0.39 is 0 Å². The fourth-order valence-corrected chi connectivity index (χ4v) is 15.1. The number of benzene rings is 8. The Morgan fingerprint density at radius 3 is 2.13 bits per heavy atom. The fourth-order valence-electron chi connectivity index (χ4n) is 15.1. The highest BCUT2D eigenvalue weighted by Gasteiger charge is 2.39. The van der Waals surface area contributed by atoms with Crippen LogP contribution in [-0.2, 0) is 17.3 Å². The molecule has 0 heterocycles. The molecule has 0 bridgehead atoms. The van der Waals surface area contributed by atoms with Crippen molar-refractivity contribution in [2.75, 3.05) is 0 Å². The van der Waals surface area contributed by atoms with Gasteiger partial charge in [0.05, 0.1) is 0 Å². The molecule has 0 radical (unpaired) electrons. The second-order valence-corrected chi connectivity index (χ2v) is 22.7. The first-order chi connectivity index (χ1) is 34.2. The van der Waals surface area contributed by atoms with E-state index in [1.54, 1.807) is 11.1 Å². The number of hydrogen-bond acceptors (Lipinski definition) is 0. The Kier molecular flexibility index (Phi) is 8.61. The summed E-state index contributed by atoms with van der Waals surface area (Å²) in [6.45, 7) is 9.68. The van der Waals surface area contributed by atoms with Crippen LogP contribution >= 0.6 is 0 Å². The Morgan fingerprint density at radius 1 is 0.571 bits per heavy atom. The van der Waals surface area contributed by atoms with Gasteiger partial charge in [0.2, 0.25) is 0 Å². The van der Waals surface area contributed by atoms with Gasteiger partial charge in [0.1, 0.15) is 0 Å². The zero-order valence-electron chi connectivity index (χ0n) is 40.9. The maximum absolute atomic E-state index is 2.69. The van der Waals surface area contributed by atoms with Gasteiger partial charge in [-0.1, -0.05) is 179 Å². The van der Waals surface area contributed by atoms with E-state index in [4.69, 9.17) is 0 Å². The van der Waals surface area contributed by atoms with Crippen LogP contribution in [0.25, 0.3) is 77.3 Å². The maximum atomic E-state index is 2.69. The van der Waals surface area contributed by atoms with Crippen molar-refractivity contribution in [3.8, 4) is 33.4 Å². The highest BCUT2D eigenvalue weighted by atomic mass is 14.4. The van der Waals surface area contributed by atoms with Crippen LogP contribution in [0.1, 0.15) is 123 Å². The second kappa shape index (κ2) is 14.8. The zero-order chi connectivity index (χ0) is 46.6. The molecule has 0 saturated heterocycles. The van der Waals surface area contributed by atoms with Crippen molar-refractivity contribution in [1.82, 2.24) is 0 Å². The summed E-state index contributed by atoms with van der Waals surface area (Å²) in [4.78, 5) is 0. The molecule has 0 amide bonds. The Hall–Kier alpha value is -7.02. The lowest BCUT2D eigenvalue weighted by Crippen LogP contribution is -2.19. The molecule has 0 nitrogen and oxygen atoms in total. The molecular weight excluding hydrogens is 841 g/mol. The van der Waals surface area contributed by atoms with Gasteiger partial charge in [-0.3, -0.25) is 0 Å². The second-order valence-electron chi connectivity index (χ2n) is 22.7. The molecule has 0 aliphatic heterocycles. The first kappa shape index (κ1) is 40.8. The summed E-state index contributed by atoms with van der Waals surface area (Å²) in [5, 5.41) is 9.88. The van der Waals surface area contributed by atoms with Gasteiger partial charge in [-0.2, -0.15) is 0 Å². The van der Waals surface area contributed by atoms with Gasteiger partial charge in [0.25, 0.3) is 0 Å². The predicted molar refractivity (Wildman–Crippen MR) is 297 cm³/mol. The molecule has 3 atom stereocenters. The smallest absolute Gasteiger partial charge is 0.0159 e. The maximum Gasteiger partial charge on any atom is 0.0159 e. The lowest BCUT2D eigenvalue weighted by molar-refractivity contribution is 0.507. The van der Waals surface area contributed by atoms with E-state index in [1.165, 1.54) is 133 Å². The molecule has 7 aliphatic carbocycles. The van der Waals surface area contributed by atoms with Crippen LogP contribution in [-0.4, -0.2) is 0 Å². The van der Waals surface area contributed by atoms with E-state index in [-0.39, 0.29) is 16.7 Å². The van der Waals surface area contributed by atoms with Crippen LogP contribution in [0.3, 0.4) is 0 Å². The van der Waals surface area contributed by atoms with Crippen molar-refractivity contribution in [2.24, 2.45) is 5.92 Å². The number of fused-ring (bicyclic) bond motifs is 9. The van der Waals surface area contributed by atoms with Crippen LogP contribution in [0.5, 0.6) is 0 Å². The first-order valence-corrected chi connectivity index (χ1v) is 26.4. The van der Waals surface area contributed by atoms with Crippen molar-refractivity contribution in [1.29, 1.82) is 0 Å². The Balaban J connectivity index is 1.06.